The summed E-state index contributed by atoms with van der Waals surface area (Å²) in [5, 5.41) is 2.86. The van der Waals surface area contributed by atoms with Gasteiger partial charge in [-0.2, -0.15) is 4.31 Å². The lowest BCUT2D eigenvalue weighted by Crippen LogP contribution is -2.30. The smallest absolute Gasteiger partial charge is 0.255 e. The van der Waals surface area contributed by atoms with Gasteiger partial charge in [0.25, 0.3) is 5.91 Å². The van der Waals surface area contributed by atoms with E-state index in [1.54, 1.807) is 32.0 Å². The first-order valence-corrected chi connectivity index (χ1v) is 11.0. The molecule has 0 aliphatic heterocycles. The molecule has 2 aromatic carbocycles. The maximum absolute atomic E-state index is 12.8. The predicted molar refractivity (Wildman–Crippen MR) is 115 cm³/mol. The Labute approximate surface area is 175 Å². The minimum atomic E-state index is -3.75. The Morgan fingerprint density at radius 2 is 1.86 bits per heavy atom. The summed E-state index contributed by atoms with van der Waals surface area (Å²) in [6.07, 6.45) is 0. The molecule has 0 radical (unpaired) electrons. The van der Waals surface area contributed by atoms with Crippen molar-refractivity contribution in [1.82, 2.24) is 13.9 Å². The molecular weight excluding hydrogens is 412 g/mol. The van der Waals surface area contributed by atoms with Crippen molar-refractivity contribution in [3.8, 4) is 0 Å². The van der Waals surface area contributed by atoms with Gasteiger partial charge in [0.1, 0.15) is 10.7 Å². The van der Waals surface area contributed by atoms with Crippen molar-refractivity contribution in [2.75, 3.05) is 18.4 Å². The molecule has 0 atom stereocenters. The van der Waals surface area contributed by atoms with E-state index in [0.29, 0.717) is 24.3 Å². The standard InChI is InChI=1S/C20H23ClN4O3S/c1-5-25(6-2)29(27,28)19-12-15(8-9-16(19)21)23-20(26)14-7-10-18-17(11-14)22-13(3)24(18)4/h7-12H,5-6H2,1-4H3,(H,23,26). The molecule has 0 aliphatic rings. The van der Waals surface area contributed by atoms with Crippen LogP contribution in [0.15, 0.2) is 41.3 Å². The van der Waals surface area contributed by atoms with Gasteiger partial charge < -0.3 is 9.88 Å². The highest BCUT2D eigenvalue weighted by Crippen LogP contribution is 2.28. The zero-order valence-corrected chi connectivity index (χ0v) is 18.3. The minimum absolute atomic E-state index is 0.0310. The summed E-state index contributed by atoms with van der Waals surface area (Å²) in [5.74, 6) is 0.491. The van der Waals surface area contributed by atoms with Gasteiger partial charge in [-0.15, -0.1) is 0 Å². The Hall–Kier alpha value is -2.42. The number of carbonyl (C=O) groups is 1. The SMILES string of the molecule is CCN(CC)S(=O)(=O)c1cc(NC(=O)c2ccc3c(c2)nc(C)n3C)ccc1Cl. The molecule has 7 nitrogen and oxygen atoms in total. The van der Waals surface area contributed by atoms with Crippen molar-refractivity contribution in [3.63, 3.8) is 0 Å². The number of nitrogens with one attached hydrogen (secondary N) is 1. The highest BCUT2D eigenvalue weighted by Gasteiger charge is 2.25. The van der Waals surface area contributed by atoms with Crippen molar-refractivity contribution < 1.29 is 13.2 Å². The first-order valence-electron chi connectivity index (χ1n) is 9.23. The number of rotatable bonds is 6. The molecule has 3 rings (SSSR count). The first-order chi connectivity index (χ1) is 13.7. The van der Waals surface area contributed by atoms with Crippen LogP contribution < -0.4 is 5.32 Å². The number of halogens is 1. The maximum Gasteiger partial charge on any atom is 0.255 e. The second-order valence-corrected chi connectivity index (χ2v) is 8.92. The van der Waals surface area contributed by atoms with Crippen LogP contribution in [-0.2, 0) is 17.1 Å². The van der Waals surface area contributed by atoms with Crippen molar-refractivity contribution >= 4 is 44.3 Å². The van der Waals surface area contributed by atoms with Gasteiger partial charge in [-0.25, -0.2) is 13.4 Å². The molecule has 1 aromatic heterocycles. The molecular formula is C20H23ClN4O3S. The Kier molecular flexibility index (Phi) is 5.97. The fraction of sp³-hybridized carbons (Fsp3) is 0.300. The van der Waals surface area contributed by atoms with Crippen molar-refractivity contribution in [1.29, 1.82) is 0 Å². The van der Waals surface area contributed by atoms with Gasteiger partial charge in [-0.05, 0) is 43.3 Å². The number of hydrogen-bond donors (Lipinski definition) is 1. The molecule has 0 aliphatic carbocycles. The van der Waals surface area contributed by atoms with Crippen LogP contribution in [0.5, 0.6) is 0 Å². The minimum Gasteiger partial charge on any atom is -0.331 e. The highest BCUT2D eigenvalue weighted by atomic mass is 35.5. The van der Waals surface area contributed by atoms with Crippen LogP contribution in [0.1, 0.15) is 30.0 Å². The number of fused-ring (bicyclic) bond motifs is 1. The Bertz CT molecular complexity index is 1180. The number of imidazole rings is 1. The number of aromatic nitrogens is 2. The molecule has 0 spiro atoms. The van der Waals surface area contributed by atoms with Crippen LogP contribution in [0.25, 0.3) is 11.0 Å². The number of aryl methyl sites for hydroxylation is 2. The fourth-order valence-electron chi connectivity index (χ4n) is 3.15. The van der Waals surface area contributed by atoms with E-state index < -0.39 is 10.0 Å². The van der Waals surface area contributed by atoms with Crippen LogP contribution in [0, 0.1) is 6.92 Å². The highest BCUT2D eigenvalue weighted by molar-refractivity contribution is 7.89. The van der Waals surface area contributed by atoms with Crippen LogP contribution in [0.3, 0.4) is 0 Å². The zero-order chi connectivity index (χ0) is 21.3. The van der Waals surface area contributed by atoms with Crippen molar-refractivity contribution in [2.24, 2.45) is 7.05 Å². The van der Waals surface area contributed by atoms with Crippen molar-refractivity contribution in [3.05, 3.63) is 52.8 Å². The van der Waals surface area contributed by atoms with Gasteiger partial charge in [-0.3, -0.25) is 4.79 Å². The number of sulfonamides is 1. The van der Waals surface area contributed by atoms with Gasteiger partial charge in [0.15, 0.2) is 0 Å². The third kappa shape index (κ3) is 4.01. The van der Waals surface area contributed by atoms with E-state index in [0.717, 1.165) is 16.9 Å². The number of anilines is 1. The molecule has 0 saturated heterocycles. The number of benzene rings is 2. The summed E-state index contributed by atoms with van der Waals surface area (Å²) in [6.45, 7) is 6.07. The molecule has 1 heterocycles. The average molecular weight is 435 g/mol. The van der Waals surface area contributed by atoms with Crippen LogP contribution in [-0.4, -0.2) is 41.3 Å². The van der Waals surface area contributed by atoms with Gasteiger partial charge in [0.05, 0.1) is 16.1 Å². The van der Waals surface area contributed by atoms with E-state index in [1.807, 2.05) is 24.6 Å². The summed E-state index contributed by atoms with van der Waals surface area (Å²) in [4.78, 5) is 17.1. The molecule has 0 fully saturated rings. The Morgan fingerprint density at radius 3 is 2.52 bits per heavy atom. The molecule has 29 heavy (non-hydrogen) atoms. The molecule has 0 unspecified atom stereocenters. The Balaban J connectivity index is 1.92. The molecule has 9 heteroatoms. The average Bonchev–Trinajstić information content (AvgIpc) is 2.97. The Morgan fingerprint density at radius 1 is 1.17 bits per heavy atom. The van der Waals surface area contributed by atoms with Gasteiger partial charge >= 0.3 is 0 Å². The summed E-state index contributed by atoms with van der Waals surface area (Å²) >= 11 is 6.15. The molecule has 1 N–H and O–H groups in total. The van der Waals surface area contributed by atoms with E-state index in [9.17, 15) is 13.2 Å². The molecule has 0 bridgehead atoms. The van der Waals surface area contributed by atoms with E-state index in [2.05, 4.69) is 10.3 Å². The molecule has 0 saturated carbocycles. The largest absolute Gasteiger partial charge is 0.331 e. The molecule has 1 amide bonds. The van der Waals surface area contributed by atoms with E-state index in [1.165, 1.54) is 16.4 Å². The third-order valence-corrected chi connectivity index (χ3v) is 7.41. The van der Waals surface area contributed by atoms with Crippen LogP contribution in [0.4, 0.5) is 5.69 Å². The monoisotopic (exact) mass is 434 g/mol. The number of carbonyl (C=O) groups excluding carboxylic acids is 1. The van der Waals surface area contributed by atoms with E-state index >= 15 is 0 Å². The molecule has 3 aromatic rings. The summed E-state index contributed by atoms with van der Waals surface area (Å²) in [7, 11) is -1.84. The quantitative estimate of drug-likeness (QED) is 0.639. The third-order valence-electron chi connectivity index (χ3n) is 4.88. The van der Waals surface area contributed by atoms with Crippen LogP contribution >= 0.6 is 11.6 Å². The lowest BCUT2D eigenvalue weighted by atomic mass is 10.2. The lowest BCUT2D eigenvalue weighted by molar-refractivity contribution is 0.102. The second kappa shape index (κ2) is 8.14. The maximum atomic E-state index is 12.8. The van der Waals surface area contributed by atoms with Gasteiger partial charge in [-0.1, -0.05) is 25.4 Å². The van der Waals surface area contributed by atoms with E-state index in [-0.39, 0.29) is 15.8 Å². The van der Waals surface area contributed by atoms with E-state index in [4.69, 9.17) is 11.6 Å². The van der Waals surface area contributed by atoms with Crippen molar-refractivity contribution in [2.45, 2.75) is 25.7 Å². The number of nitrogens with zero attached hydrogens (tertiary/aromatic N) is 3. The molecule has 154 valence electrons. The van der Waals surface area contributed by atoms with Gasteiger partial charge in [0, 0.05) is 31.4 Å². The lowest BCUT2D eigenvalue weighted by Gasteiger charge is -2.19. The zero-order valence-electron chi connectivity index (χ0n) is 16.7. The van der Waals surface area contributed by atoms with Gasteiger partial charge in [0.2, 0.25) is 10.0 Å². The summed E-state index contributed by atoms with van der Waals surface area (Å²) in [5.41, 5.74) is 2.43. The normalized spacial score (nSPS) is 11.9. The fourth-order valence-corrected chi connectivity index (χ4v) is 5.10. The topological polar surface area (TPSA) is 84.3 Å². The summed E-state index contributed by atoms with van der Waals surface area (Å²) in [6, 6.07) is 9.69. The number of amides is 1. The predicted octanol–water partition coefficient (Wildman–Crippen LogP) is 3.82. The summed E-state index contributed by atoms with van der Waals surface area (Å²) < 4.78 is 28.9. The first kappa shape index (κ1) is 21.3. The van der Waals surface area contributed by atoms with Crippen LogP contribution in [0.2, 0.25) is 5.02 Å². The second-order valence-electron chi connectivity index (χ2n) is 6.61. The number of hydrogen-bond acceptors (Lipinski definition) is 4.